The van der Waals surface area contributed by atoms with Gasteiger partial charge in [-0.15, -0.1) is 0 Å². The van der Waals surface area contributed by atoms with E-state index in [2.05, 4.69) is 41.4 Å². The first kappa shape index (κ1) is 15.1. The van der Waals surface area contributed by atoms with Crippen LogP contribution in [-0.4, -0.2) is 30.1 Å². The number of hydrogen-bond donors (Lipinski definition) is 1. The Balaban J connectivity index is 1.71. The second kappa shape index (κ2) is 6.93. The molecule has 1 heterocycles. The van der Waals surface area contributed by atoms with Crippen molar-refractivity contribution >= 4 is 0 Å². The van der Waals surface area contributed by atoms with E-state index < -0.39 is 0 Å². The van der Waals surface area contributed by atoms with Crippen LogP contribution >= 0.6 is 0 Å². The number of rotatable bonds is 3. The average Bonchev–Trinajstić information content (AvgIpc) is 2.71. The summed E-state index contributed by atoms with van der Waals surface area (Å²) in [5.41, 5.74) is 3.47. The molecule has 0 radical (unpaired) electrons. The van der Waals surface area contributed by atoms with Crippen molar-refractivity contribution in [3.8, 4) is 0 Å². The van der Waals surface area contributed by atoms with Crippen molar-refractivity contribution in [1.29, 1.82) is 0 Å². The van der Waals surface area contributed by atoms with Gasteiger partial charge in [-0.05, 0) is 49.9 Å². The fourth-order valence-electron chi connectivity index (χ4n) is 4.22. The van der Waals surface area contributed by atoms with Crippen LogP contribution in [-0.2, 0) is 13.0 Å². The van der Waals surface area contributed by atoms with Gasteiger partial charge in [-0.25, -0.2) is 0 Å². The van der Waals surface area contributed by atoms with Gasteiger partial charge in [0.15, 0.2) is 0 Å². The van der Waals surface area contributed by atoms with Crippen molar-refractivity contribution in [3.63, 3.8) is 0 Å². The van der Waals surface area contributed by atoms with Gasteiger partial charge in [-0.3, -0.25) is 4.90 Å². The van der Waals surface area contributed by atoms with E-state index >= 15 is 0 Å². The normalized spacial score (nSPS) is 23.1. The molecule has 2 heteroatoms. The van der Waals surface area contributed by atoms with Gasteiger partial charge in [0.25, 0.3) is 0 Å². The lowest BCUT2D eigenvalue weighted by Crippen LogP contribution is -2.52. The molecule has 1 aliphatic carbocycles. The topological polar surface area (TPSA) is 15.3 Å². The molecule has 1 N–H and O–H groups in total. The Kier molecular flexibility index (Phi) is 4.97. The van der Waals surface area contributed by atoms with Gasteiger partial charge in [-0.2, -0.15) is 0 Å². The highest BCUT2D eigenvalue weighted by atomic mass is 15.2. The lowest BCUT2D eigenvalue weighted by Gasteiger charge is -2.40. The largest absolute Gasteiger partial charge is 0.310 e. The highest BCUT2D eigenvalue weighted by molar-refractivity contribution is 5.27. The molecule has 3 rings (SSSR count). The molecule has 21 heavy (non-hydrogen) atoms. The van der Waals surface area contributed by atoms with E-state index in [0.29, 0.717) is 5.54 Å². The Morgan fingerprint density at radius 1 is 1.05 bits per heavy atom. The van der Waals surface area contributed by atoms with E-state index in [4.69, 9.17) is 0 Å². The molecule has 1 saturated carbocycles. The summed E-state index contributed by atoms with van der Waals surface area (Å²) in [5, 5.41) is 3.90. The number of nitrogens with zero attached hydrogens (tertiary/aromatic N) is 1. The number of nitrogens with one attached hydrogen (secondary N) is 1. The van der Waals surface area contributed by atoms with Crippen LogP contribution in [0.5, 0.6) is 0 Å². The smallest absolute Gasteiger partial charge is 0.0308 e. The predicted molar refractivity (Wildman–Crippen MR) is 89.5 cm³/mol. The maximum atomic E-state index is 3.90. The molecule has 2 aliphatic rings. The minimum atomic E-state index is 0.413. The van der Waals surface area contributed by atoms with Crippen LogP contribution in [0.3, 0.4) is 0 Å². The van der Waals surface area contributed by atoms with Crippen LogP contribution < -0.4 is 5.32 Å². The van der Waals surface area contributed by atoms with Crippen molar-refractivity contribution in [3.05, 3.63) is 35.4 Å². The minimum absolute atomic E-state index is 0.413. The zero-order chi connectivity index (χ0) is 14.5. The van der Waals surface area contributed by atoms with Gasteiger partial charge in [0.1, 0.15) is 0 Å². The average molecular weight is 286 g/mol. The third kappa shape index (κ3) is 3.67. The third-order valence-electron chi connectivity index (χ3n) is 5.38. The highest BCUT2D eigenvalue weighted by Gasteiger charge is 2.34. The third-order valence-corrected chi connectivity index (χ3v) is 5.38. The van der Waals surface area contributed by atoms with Gasteiger partial charge in [0.05, 0.1) is 0 Å². The summed E-state index contributed by atoms with van der Waals surface area (Å²) in [6, 6.07) is 8.99. The van der Waals surface area contributed by atoms with Crippen LogP contribution in [0, 0.1) is 0 Å². The summed E-state index contributed by atoms with van der Waals surface area (Å²) >= 11 is 0. The molecule has 0 unspecified atom stereocenters. The summed E-state index contributed by atoms with van der Waals surface area (Å²) in [7, 11) is 0. The second-order valence-corrected chi connectivity index (χ2v) is 6.95. The zero-order valence-corrected chi connectivity index (χ0v) is 13.5. The van der Waals surface area contributed by atoms with E-state index in [1.54, 1.807) is 0 Å². The van der Waals surface area contributed by atoms with Crippen LogP contribution in [0.2, 0.25) is 0 Å². The first-order valence-electron chi connectivity index (χ1n) is 8.85. The zero-order valence-electron chi connectivity index (χ0n) is 13.5. The summed E-state index contributed by atoms with van der Waals surface area (Å²) in [4.78, 5) is 2.71. The van der Waals surface area contributed by atoms with Gasteiger partial charge >= 0.3 is 0 Å². The molecule has 0 bridgehead atoms. The fourth-order valence-corrected chi connectivity index (χ4v) is 4.22. The molecule has 0 aromatic heterocycles. The van der Waals surface area contributed by atoms with Crippen LogP contribution in [0.1, 0.15) is 56.6 Å². The number of hydrogen-bond acceptors (Lipinski definition) is 2. The van der Waals surface area contributed by atoms with E-state index in [0.717, 1.165) is 13.0 Å². The maximum Gasteiger partial charge on any atom is 0.0308 e. The molecule has 1 aliphatic heterocycles. The highest BCUT2D eigenvalue weighted by Crippen LogP contribution is 2.31. The Morgan fingerprint density at radius 3 is 2.57 bits per heavy atom. The quantitative estimate of drug-likeness (QED) is 0.910. The maximum absolute atomic E-state index is 3.90. The lowest BCUT2D eigenvalue weighted by molar-refractivity contribution is 0.159. The Labute approximate surface area is 129 Å². The molecule has 116 valence electrons. The standard InChI is InChI=1S/C19H30N2/c1-2-17-9-4-5-10-18(17)15-21-14-8-13-20-19(16-21)11-6-3-7-12-19/h4-5,9-10,20H,2-3,6-8,11-16H2,1H3. The Morgan fingerprint density at radius 2 is 1.81 bits per heavy atom. The Hall–Kier alpha value is -0.860. The molecular weight excluding hydrogens is 256 g/mol. The van der Waals surface area contributed by atoms with E-state index in [1.807, 2.05) is 0 Å². The first-order valence-corrected chi connectivity index (χ1v) is 8.85. The van der Waals surface area contributed by atoms with E-state index in [-0.39, 0.29) is 0 Å². The molecule has 0 atom stereocenters. The fraction of sp³-hybridized carbons (Fsp3) is 0.684. The minimum Gasteiger partial charge on any atom is -0.310 e. The van der Waals surface area contributed by atoms with Gasteiger partial charge < -0.3 is 5.32 Å². The van der Waals surface area contributed by atoms with Crippen LogP contribution in [0.15, 0.2) is 24.3 Å². The Bertz CT molecular complexity index is 449. The molecule has 0 amide bonds. The lowest BCUT2D eigenvalue weighted by atomic mass is 9.81. The molecule has 1 aromatic rings. The summed E-state index contributed by atoms with van der Waals surface area (Å²) in [6.07, 6.45) is 9.43. The molecule has 1 saturated heterocycles. The van der Waals surface area contributed by atoms with Gasteiger partial charge in [-0.1, -0.05) is 50.5 Å². The first-order chi connectivity index (χ1) is 10.3. The van der Waals surface area contributed by atoms with Gasteiger partial charge in [0, 0.05) is 18.6 Å². The molecule has 2 nitrogen and oxygen atoms in total. The van der Waals surface area contributed by atoms with Crippen molar-refractivity contribution < 1.29 is 0 Å². The van der Waals surface area contributed by atoms with Crippen LogP contribution in [0.4, 0.5) is 0 Å². The predicted octanol–water partition coefficient (Wildman–Crippen LogP) is 3.75. The molecule has 1 aromatic carbocycles. The molecular formula is C19H30N2. The number of benzene rings is 1. The summed E-state index contributed by atoms with van der Waals surface area (Å²) < 4.78 is 0. The van der Waals surface area contributed by atoms with Crippen LogP contribution in [0.25, 0.3) is 0 Å². The van der Waals surface area contributed by atoms with E-state index in [1.165, 1.54) is 69.3 Å². The van der Waals surface area contributed by atoms with E-state index in [9.17, 15) is 0 Å². The molecule has 2 fully saturated rings. The van der Waals surface area contributed by atoms with Crippen molar-refractivity contribution in [2.24, 2.45) is 0 Å². The monoisotopic (exact) mass is 286 g/mol. The molecule has 1 spiro atoms. The van der Waals surface area contributed by atoms with Gasteiger partial charge in [0.2, 0.25) is 0 Å². The van der Waals surface area contributed by atoms with Crippen molar-refractivity contribution in [2.45, 2.75) is 64.0 Å². The second-order valence-electron chi connectivity index (χ2n) is 6.95. The SMILES string of the molecule is CCc1ccccc1CN1CCCNC2(CCCCC2)C1. The summed E-state index contributed by atoms with van der Waals surface area (Å²) in [5.74, 6) is 0. The van der Waals surface area contributed by atoms with Crippen molar-refractivity contribution in [1.82, 2.24) is 10.2 Å². The van der Waals surface area contributed by atoms with Crippen molar-refractivity contribution in [2.75, 3.05) is 19.6 Å². The number of aryl methyl sites for hydroxylation is 1. The summed E-state index contributed by atoms with van der Waals surface area (Å²) in [6.45, 7) is 7.09.